The van der Waals surface area contributed by atoms with Crippen molar-refractivity contribution in [3.63, 3.8) is 0 Å². The fourth-order valence-electron chi connectivity index (χ4n) is 2.03. The monoisotopic (exact) mass is 271 g/mol. The highest BCUT2D eigenvalue weighted by molar-refractivity contribution is 5.97. The number of halogens is 2. The summed E-state index contributed by atoms with van der Waals surface area (Å²) in [5, 5.41) is 3.56. The molecule has 5 heteroatoms. The van der Waals surface area contributed by atoms with Gasteiger partial charge in [0.05, 0.1) is 22.6 Å². The molecule has 0 fully saturated rings. The third-order valence-electron chi connectivity index (χ3n) is 3.05. The third-order valence-corrected chi connectivity index (χ3v) is 3.05. The lowest BCUT2D eigenvalue weighted by atomic mass is 10.1. The second-order valence-corrected chi connectivity index (χ2v) is 4.32. The van der Waals surface area contributed by atoms with E-state index in [9.17, 15) is 8.78 Å². The summed E-state index contributed by atoms with van der Waals surface area (Å²) in [4.78, 5) is 4.18. The van der Waals surface area contributed by atoms with E-state index in [0.29, 0.717) is 11.4 Å². The molecule has 3 aromatic rings. The van der Waals surface area contributed by atoms with E-state index in [4.69, 9.17) is 5.73 Å². The van der Waals surface area contributed by atoms with E-state index in [1.54, 1.807) is 24.4 Å². The smallest absolute Gasteiger partial charge is 0.182 e. The summed E-state index contributed by atoms with van der Waals surface area (Å²) in [6.45, 7) is 0. The minimum Gasteiger partial charge on any atom is -0.396 e. The van der Waals surface area contributed by atoms with Crippen LogP contribution < -0.4 is 11.1 Å². The lowest BCUT2D eigenvalue weighted by Gasteiger charge is -2.12. The van der Waals surface area contributed by atoms with Crippen molar-refractivity contribution in [2.24, 2.45) is 0 Å². The SMILES string of the molecule is Nc1c(Nc2cccc(F)c2F)ccc2ncccc12. The molecule has 0 spiro atoms. The molecule has 0 unspecified atom stereocenters. The standard InChI is InChI=1S/C15H11F2N3/c16-10-4-1-5-12(14(10)17)20-13-7-6-11-9(15(13)18)3-2-8-19-11/h1-8,20H,18H2. The zero-order valence-electron chi connectivity index (χ0n) is 10.4. The minimum absolute atomic E-state index is 0.0416. The number of benzene rings is 2. The second kappa shape index (κ2) is 4.77. The average molecular weight is 271 g/mol. The van der Waals surface area contributed by atoms with Crippen LogP contribution in [0.4, 0.5) is 25.8 Å². The van der Waals surface area contributed by atoms with Crippen LogP contribution in [0.3, 0.4) is 0 Å². The van der Waals surface area contributed by atoms with Crippen LogP contribution in [0.25, 0.3) is 10.9 Å². The topological polar surface area (TPSA) is 50.9 Å². The molecule has 100 valence electrons. The van der Waals surface area contributed by atoms with E-state index in [1.165, 1.54) is 12.1 Å². The largest absolute Gasteiger partial charge is 0.396 e. The normalized spacial score (nSPS) is 10.7. The summed E-state index contributed by atoms with van der Waals surface area (Å²) in [5.74, 6) is -1.84. The minimum atomic E-state index is -0.932. The molecule has 0 bridgehead atoms. The summed E-state index contributed by atoms with van der Waals surface area (Å²) < 4.78 is 26.8. The van der Waals surface area contributed by atoms with E-state index in [1.807, 2.05) is 6.07 Å². The summed E-state index contributed by atoms with van der Waals surface area (Å²) >= 11 is 0. The van der Waals surface area contributed by atoms with Crippen molar-refractivity contribution in [2.45, 2.75) is 0 Å². The van der Waals surface area contributed by atoms with Gasteiger partial charge in [0.1, 0.15) is 0 Å². The van der Waals surface area contributed by atoms with E-state index in [0.717, 1.165) is 17.0 Å². The predicted octanol–water partition coefficient (Wildman–Crippen LogP) is 3.84. The van der Waals surface area contributed by atoms with Crippen molar-refractivity contribution in [1.29, 1.82) is 0 Å². The Balaban J connectivity index is 2.07. The maximum atomic E-state index is 13.6. The molecule has 3 nitrogen and oxygen atoms in total. The zero-order chi connectivity index (χ0) is 14.1. The number of hydrogen-bond acceptors (Lipinski definition) is 3. The van der Waals surface area contributed by atoms with Crippen molar-refractivity contribution in [3.8, 4) is 0 Å². The number of nitrogen functional groups attached to an aromatic ring is 1. The second-order valence-electron chi connectivity index (χ2n) is 4.32. The summed E-state index contributed by atoms with van der Waals surface area (Å²) in [6.07, 6.45) is 1.67. The molecule has 0 saturated carbocycles. The highest BCUT2D eigenvalue weighted by atomic mass is 19.2. The van der Waals surface area contributed by atoms with Gasteiger partial charge in [0, 0.05) is 11.6 Å². The summed E-state index contributed by atoms with van der Waals surface area (Å²) in [5.41, 5.74) is 7.78. The van der Waals surface area contributed by atoms with Crippen LogP contribution in [0.15, 0.2) is 48.7 Å². The number of rotatable bonds is 2. The van der Waals surface area contributed by atoms with Crippen LogP contribution in [-0.4, -0.2) is 4.98 Å². The number of fused-ring (bicyclic) bond motifs is 1. The Bertz CT molecular complexity index is 787. The molecule has 0 saturated heterocycles. The molecule has 1 heterocycles. The van der Waals surface area contributed by atoms with Gasteiger partial charge in [-0.05, 0) is 36.4 Å². The maximum absolute atomic E-state index is 13.6. The lowest BCUT2D eigenvalue weighted by Crippen LogP contribution is -2.00. The Morgan fingerprint density at radius 2 is 1.80 bits per heavy atom. The first kappa shape index (κ1) is 12.3. The van der Waals surface area contributed by atoms with Gasteiger partial charge in [0.2, 0.25) is 0 Å². The van der Waals surface area contributed by atoms with Gasteiger partial charge in [0.25, 0.3) is 0 Å². The van der Waals surface area contributed by atoms with Crippen molar-refractivity contribution in [1.82, 2.24) is 4.98 Å². The van der Waals surface area contributed by atoms with Crippen LogP contribution in [0.1, 0.15) is 0 Å². The van der Waals surface area contributed by atoms with Gasteiger partial charge in [-0.2, -0.15) is 0 Å². The molecule has 0 amide bonds. The van der Waals surface area contributed by atoms with Crippen LogP contribution in [0, 0.1) is 11.6 Å². The molecule has 0 aliphatic carbocycles. The van der Waals surface area contributed by atoms with Crippen LogP contribution in [0.5, 0.6) is 0 Å². The number of nitrogens with zero attached hydrogens (tertiary/aromatic N) is 1. The number of anilines is 3. The number of aromatic nitrogens is 1. The molecule has 20 heavy (non-hydrogen) atoms. The summed E-state index contributed by atoms with van der Waals surface area (Å²) in [6, 6.07) is 11.0. The molecule has 3 rings (SSSR count). The van der Waals surface area contributed by atoms with Gasteiger partial charge in [-0.3, -0.25) is 4.98 Å². The van der Waals surface area contributed by atoms with Crippen LogP contribution in [0.2, 0.25) is 0 Å². The molecule has 0 aliphatic heterocycles. The maximum Gasteiger partial charge on any atom is 0.182 e. The van der Waals surface area contributed by atoms with Crippen molar-refractivity contribution < 1.29 is 8.78 Å². The van der Waals surface area contributed by atoms with E-state index < -0.39 is 11.6 Å². The Hall–Kier alpha value is -2.69. The Morgan fingerprint density at radius 3 is 2.65 bits per heavy atom. The van der Waals surface area contributed by atoms with Gasteiger partial charge in [0.15, 0.2) is 11.6 Å². The first-order valence-corrected chi connectivity index (χ1v) is 6.01. The molecule has 0 aliphatic rings. The van der Waals surface area contributed by atoms with Gasteiger partial charge < -0.3 is 11.1 Å². The highest BCUT2D eigenvalue weighted by Gasteiger charge is 2.10. The van der Waals surface area contributed by atoms with E-state index in [2.05, 4.69) is 10.3 Å². The molecular weight excluding hydrogens is 260 g/mol. The van der Waals surface area contributed by atoms with E-state index >= 15 is 0 Å². The van der Waals surface area contributed by atoms with E-state index in [-0.39, 0.29) is 5.69 Å². The lowest BCUT2D eigenvalue weighted by molar-refractivity contribution is 0.512. The van der Waals surface area contributed by atoms with Gasteiger partial charge >= 0.3 is 0 Å². The Labute approximate surface area is 114 Å². The molecule has 1 aromatic heterocycles. The highest BCUT2D eigenvalue weighted by Crippen LogP contribution is 2.31. The molecular formula is C15H11F2N3. The fourth-order valence-corrected chi connectivity index (χ4v) is 2.03. The Kier molecular flexibility index (Phi) is 2.95. The molecule has 0 radical (unpaired) electrons. The molecule has 3 N–H and O–H groups in total. The number of hydrogen-bond donors (Lipinski definition) is 2. The quantitative estimate of drug-likeness (QED) is 0.696. The number of pyridine rings is 1. The molecule has 0 atom stereocenters. The number of nitrogens with two attached hydrogens (primary N) is 1. The van der Waals surface area contributed by atoms with Crippen molar-refractivity contribution >= 4 is 28.0 Å². The van der Waals surface area contributed by atoms with Crippen LogP contribution >= 0.6 is 0 Å². The zero-order valence-corrected chi connectivity index (χ0v) is 10.4. The van der Waals surface area contributed by atoms with Crippen LogP contribution in [-0.2, 0) is 0 Å². The summed E-state index contributed by atoms with van der Waals surface area (Å²) in [7, 11) is 0. The molecule has 2 aromatic carbocycles. The Morgan fingerprint density at radius 1 is 0.950 bits per heavy atom. The van der Waals surface area contributed by atoms with Crippen molar-refractivity contribution in [2.75, 3.05) is 11.1 Å². The van der Waals surface area contributed by atoms with Crippen molar-refractivity contribution in [3.05, 3.63) is 60.3 Å². The predicted molar refractivity (Wildman–Crippen MR) is 75.8 cm³/mol. The third kappa shape index (κ3) is 2.03. The first-order valence-electron chi connectivity index (χ1n) is 6.01. The first-order chi connectivity index (χ1) is 9.66. The van der Waals surface area contributed by atoms with Gasteiger partial charge in [-0.1, -0.05) is 6.07 Å². The van der Waals surface area contributed by atoms with Gasteiger partial charge in [-0.25, -0.2) is 8.78 Å². The fraction of sp³-hybridized carbons (Fsp3) is 0. The number of nitrogens with one attached hydrogen (secondary N) is 1. The van der Waals surface area contributed by atoms with Gasteiger partial charge in [-0.15, -0.1) is 0 Å². The average Bonchev–Trinajstić information content (AvgIpc) is 2.47.